The van der Waals surface area contributed by atoms with Gasteiger partial charge in [0.1, 0.15) is 0 Å². The second kappa shape index (κ2) is 6.20. The van der Waals surface area contributed by atoms with Crippen LogP contribution in [0.4, 0.5) is 5.69 Å². The van der Waals surface area contributed by atoms with Crippen LogP contribution < -0.4 is 10.2 Å². The number of carbonyl (C=O) groups is 1. The number of quaternary nitrogens is 1. The van der Waals surface area contributed by atoms with Crippen molar-refractivity contribution >= 4 is 11.6 Å². The first-order valence-electron chi connectivity index (χ1n) is 7.25. The summed E-state index contributed by atoms with van der Waals surface area (Å²) in [7, 11) is 0. The number of nitrogens with one attached hydrogen (secondary N) is 2. The van der Waals surface area contributed by atoms with Crippen LogP contribution in [0.25, 0.3) is 0 Å². The van der Waals surface area contributed by atoms with E-state index in [0.717, 1.165) is 30.3 Å². The van der Waals surface area contributed by atoms with Crippen molar-refractivity contribution in [1.29, 1.82) is 0 Å². The van der Waals surface area contributed by atoms with Crippen LogP contribution in [0.15, 0.2) is 18.2 Å². The molecule has 1 amide bonds. The largest absolute Gasteiger partial charge is 0.327 e. The lowest BCUT2D eigenvalue weighted by molar-refractivity contribution is -0.900. The first-order valence-corrected chi connectivity index (χ1v) is 7.25. The highest BCUT2D eigenvalue weighted by Crippen LogP contribution is 2.15. The van der Waals surface area contributed by atoms with Crippen LogP contribution in [0.1, 0.15) is 30.9 Å². The third-order valence-electron chi connectivity index (χ3n) is 3.94. The van der Waals surface area contributed by atoms with Crippen molar-refractivity contribution in [2.75, 3.05) is 25.0 Å². The smallest absolute Gasteiger partial charge is 0.279 e. The number of piperidine rings is 1. The fourth-order valence-electron chi connectivity index (χ4n) is 2.85. The zero-order valence-electron chi connectivity index (χ0n) is 12.3. The fourth-order valence-corrected chi connectivity index (χ4v) is 2.85. The van der Waals surface area contributed by atoms with E-state index in [0.29, 0.717) is 6.54 Å². The summed E-state index contributed by atoms with van der Waals surface area (Å²) in [6, 6.07) is 6.17. The summed E-state index contributed by atoms with van der Waals surface area (Å²) in [6.07, 6.45) is 2.55. The Hall–Kier alpha value is -1.35. The van der Waals surface area contributed by atoms with Gasteiger partial charge in [-0.3, -0.25) is 4.79 Å². The highest BCUT2D eigenvalue weighted by atomic mass is 16.2. The van der Waals surface area contributed by atoms with E-state index in [-0.39, 0.29) is 5.91 Å². The molecule has 1 unspecified atom stereocenters. The zero-order chi connectivity index (χ0) is 13.8. The molecule has 104 valence electrons. The van der Waals surface area contributed by atoms with Gasteiger partial charge < -0.3 is 10.2 Å². The fraction of sp³-hybridized carbons (Fsp3) is 0.562. The van der Waals surface area contributed by atoms with Gasteiger partial charge in [-0.05, 0) is 43.9 Å². The van der Waals surface area contributed by atoms with Gasteiger partial charge in [0.2, 0.25) is 0 Å². The molecule has 1 aromatic rings. The minimum Gasteiger partial charge on any atom is -0.327 e. The predicted octanol–water partition coefficient (Wildman–Crippen LogP) is 1.56. The Bertz CT molecular complexity index is 456. The lowest BCUT2D eigenvalue weighted by atomic mass is 10.0. The molecule has 1 fully saturated rings. The van der Waals surface area contributed by atoms with Crippen LogP contribution in [0.2, 0.25) is 0 Å². The summed E-state index contributed by atoms with van der Waals surface area (Å²) in [5.41, 5.74) is 3.26. The standard InChI is InChI=1S/C16H24N2O/c1-12-6-7-14(3)15(9-12)17-16(19)11-18-8-4-5-13(2)10-18/h6-7,9,13H,4-5,8,10-11H2,1-3H3,(H,17,19)/p+1/t13-/m1/s1. The highest BCUT2D eigenvalue weighted by molar-refractivity contribution is 5.92. The molecule has 1 heterocycles. The van der Waals surface area contributed by atoms with Gasteiger partial charge >= 0.3 is 0 Å². The Morgan fingerprint density at radius 2 is 2.21 bits per heavy atom. The first kappa shape index (κ1) is 14.1. The van der Waals surface area contributed by atoms with E-state index in [2.05, 4.69) is 24.4 Å². The van der Waals surface area contributed by atoms with Crippen molar-refractivity contribution in [3.63, 3.8) is 0 Å². The Labute approximate surface area is 116 Å². The molecule has 2 N–H and O–H groups in total. The Kier molecular flexibility index (Phi) is 4.59. The van der Waals surface area contributed by atoms with E-state index >= 15 is 0 Å². The summed E-state index contributed by atoms with van der Waals surface area (Å²) < 4.78 is 0. The predicted molar refractivity (Wildman–Crippen MR) is 78.5 cm³/mol. The van der Waals surface area contributed by atoms with E-state index in [9.17, 15) is 4.79 Å². The second-order valence-electron chi connectivity index (χ2n) is 5.99. The molecule has 2 atom stereocenters. The van der Waals surface area contributed by atoms with Gasteiger partial charge in [0, 0.05) is 11.6 Å². The summed E-state index contributed by atoms with van der Waals surface area (Å²) in [5, 5.41) is 3.05. The molecular weight excluding hydrogens is 236 g/mol. The van der Waals surface area contributed by atoms with Gasteiger partial charge in [-0.2, -0.15) is 0 Å². The van der Waals surface area contributed by atoms with Crippen molar-refractivity contribution in [2.45, 2.75) is 33.6 Å². The van der Waals surface area contributed by atoms with Crippen LogP contribution in [-0.2, 0) is 4.79 Å². The maximum atomic E-state index is 12.1. The minimum atomic E-state index is 0.137. The van der Waals surface area contributed by atoms with Crippen molar-refractivity contribution in [1.82, 2.24) is 0 Å². The molecule has 0 bridgehead atoms. The van der Waals surface area contributed by atoms with E-state index in [4.69, 9.17) is 0 Å². The molecule has 1 saturated heterocycles. The molecular formula is C16H25N2O+. The molecule has 1 aliphatic heterocycles. The number of carbonyl (C=O) groups excluding carboxylic acids is 1. The minimum absolute atomic E-state index is 0.137. The van der Waals surface area contributed by atoms with Gasteiger partial charge in [-0.25, -0.2) is 0 Å². The molecule has 2 rings (SSSR count). The van der Waals surface area contributed by atoms with E-state index in [1.165, 1.54) is 23.3 Å². The maximum absolute atomic E-state index is 12.1. The van der Waals surface area contributed by atoms with Crippen molar-refractivity contribution in [3.8, 4) is 0 Å². The number of amides is 1. The highest BCUT2D eigenvalue weighted by Gasteiger charge is 2.22. The van der Waals surface area contributed by atoms with Gasteiger partial charge in [-0.1, -0.05) is 19.1 Å². The summed E-state index contributed by atoms with van der Waals surface area (Å²) in [5.74, 6) is 0.884. The van der Waals surface area contributed by atoms with Crippen molar-refractivity contribution in [3.05, 3.63) is 29.3 Å². The third-order valence-corrected chi connectivity index (χ3v) is 3.94. The van der Waals surface area contributed by atoms with E-state index in [1.807, 2.05) is 19.9 Å². The van der Waals surface area contributed by atoms with Crippen LogP contribution in [0.5, 0.6) is 0 Å². The molecule has 19 heavy (non-hydrogen) atoms. The molecule has 0 radical (unpaired) electrons. The van der Waals surface area contributed by atoms with Crippen molar-refractivity contribution < 1.29 is 9.69 Å². The number of aryl methyl sites for hydroxylation is 2. The third kappa shape index (κ3) is 4.06. The summed E-state index contributed by atoms with van der Waals surface area (Å²) in [6.45, 7) is 9.21. The quantitative estimate of drug-likeness (QED) is 0.850. The van der Waals surface area contributed by atoms with Gasteiger partial charge in [-0.15, -0.1) is 0 Å². The Morgan fingerprint density at radius 1 is 1.42 bits per heavy atom. The average molecular weight is 261 g/mol. The van der Waals surface area contributed by atoms with Gasteiger partial charge in [0.05, 0.1) is 13.1 Å². The lowest BCUT2D eigenvalue weighted by Crippen LogP contribution is -3.14. The van der Waals surface area contributed by atoms with Crippen molar-refractivity contribution in [2.24, 2.45) is 5.92 Å². The Balaban J connectivity index is 1.92. The number of hydrogen-bond acceptors (Lipinski definition) is 1. The van der Waals surface area contributed by atoms with Gasteiger partial charge in [0.25, 0.3) is 5.91 Å². The molecule has 3 heteroatoms. The molecule has 0 spiro atoms. The number of benzene rings is 1. The Morgan fingerprint density at radius 3 is 2.95 bits per heavy atom. The first-order chi connectivity index (χ1) is 9.04. The molecule has 1 aromatic carbocycles. The normalized spacial score (nSPS) is 23.1. The summed E-state index contributed by atoms with van der Waals surface area (Å²) >= 11 is 0. The number of anilines is 1. The molecule has 0 saturated carbocycles. The molecule has 3 nitrogen and oxygen atoms in total. The molecule has 0 aliphatic carbocycles. The average Bonchev–Trinajstić information content (AvgIpc) is 2.34. The monoisotopic (exact) mass is 261 g/mol. The topological polar surface area (TPSA) is 33.5 Å². The number of likely N-dealkylation sites (tertiary alicyclic amines) is 1. The van der Waals surface area contributed by atoms with Crippen LogP contribution in [-0.4, -0.2) is 25.5 Å². The van der Waals surface area contributed by atoms with Crippen LogP contribution >= 0.6 is 0 Å². The molecule has 0 aromatic heterocycles. The summed E-state index contributed by atoms with van der Waals surface area (Å²) in [4.78, 5) is 13.5. The van der Waals surface area contributed by atoms with Crippen LogP contribution in [0, 0.1) is 19.8 Å². The second-order valence-corrected chi connectivity index (χ2v) is 5.99. The van der Waals surface area contributed by atoms with Crippen LogP contribution in [0.3, 0.4) is 0 Å². The maximum Gasteiger partial charge on any atom is 0.279 e. The lowest BCUT2D eigenvalue weighted by Gasteiger charge is -2.27. The number of hydrogen-bond donors (Lipinski definition) is 2. The van der Waals surface area contributed by atoms with E-state index in [1.54, 1.807) is 0 Å². The zero-order valence-corrected chi connectivity index (χ0v) is 12.3. The molecule has 1 aliphatic rings. The van der Waals surface area contributed by atoms with E-state index < -0.39 is 0 Å². The number of rotatable bonds is 3. The van der Waals surface area contributed by atoms with Gasteiger partial charge in [0.15, 0.2) is 6.54 Å². The SMILES string of the molecule is Cc1ccc(C)c(NC(=O)C[NH+]2CCC[C@@H](C)C2)c1.